The van der Waals surface area contributed by atoms with Gasteiger partial charge in [-0.2, -0.15) is 4.31 Å². The van der Waals surface area contributed by atoms with E-state index in [0.29, 0.717) is 36.7 Å². The number of aryl methyl sites for hydroxylation is 1. The second-order valence-electron chi connectivity index (χ2n) is 8.23. The van der Waals surface area contributed by atoms with E-state index in [0.717, 1.165) is 18.4 Å². The average molecular weight is 413 g/mol. The van der Waals surface area contributed by atoms with Crippen molar-refractivity contribution in [3.05, 3.63) is 65.7 Å². The SMILES string of the molecule is Cc1ccc(C(NC(=O)C2CCN(S(=O)(=O)c3ccccc3)CC2)C2CC2)cc1. The first-order valence-electron chi connectivity index (χ1n) is 10.4. The van der Waals surface area contributed by atoms with Gasteiger partial charge in [-0.1, -0.05) is 48.0 Å². The van der Waals surface area contributed by atoms with Gasteiger partial charge in [-0.15, -0.1) is 0 Å². The van der Waals surface area contributed by atoms with Gasteiger partial charge in [0.05, 0.1) is 10.9 Å². The molecule has 29 heavy (non-hydrogen) atoms. The molecule has 1 saturated heterocycles. The van der Waals surface area contributed by atoms with Crippen LogP contribution in [0, 0.1) is 18.8 Å². The lowest BCUT2D eigenvalue weighted by Crippen LogP contribution is -2.43. The molecule has 1 atom stereocenters. The van der Waals surface area contributed by atoms with E-state index in [1.54, 1.807) is 30.3 Å². The molecule has 5 nitrogen and oxygen atoms in total. The highest BCUT2D eigenvalue weighted by atomic mass is 32.2. The van der Waals surface area contributed by atoms with Crippen LogP contribution in [0.25, 0.3) is 0 Å². The molecule has 154 valence electrons. The zero-order chi connectivity index (χ0) is 20.4. The monoisotopic (exact) mass is 412 g/mol. The van der Waals surface area contributed by atoms with Crippen molar-refractivity contribution in [2.45, 2.75) is 43.5 Å². The molecule has 0 radical (unpaired) electrons. The molecule has 2 aliphatic rings. The molecule has 4 rings (SSSR count). The van der Waals surface area contributed by atoms with Gasteiger partial charge in [0.15, 0.2) is 0 Å². The van der Waals surface area contributed by atoms with Crippen molar-refractivity contribution in [1.29, 1.82) is 0 Å². The lowest BCUT2D eigenvalue weighted by atomic mass is 9.95. The number of nitrogens with one attached hydrogen (secondary N) is 1. The average Bonchev–Trinajstić information content (AvgIpc) is 3.58. The van der Waals surface area contributed by atoms with Gasteiger partial charge in [-0.05, 0) is 56.2 Å². The summed E-state index contributed by atoms with van der Waals surface area (Å²) in [5.74, 6) is 0.434. The van der Waals surface area contributed by atoms with Crippen molar-refractivity contribution in [3.8, 4) is 0 Å². The standard InChI is InChI=1S/C23H28N2O3S/c1-17-7-9-18(10-8-17)22(19-11-12-19)24-23(26)20-13-15-25(16-14-20)29(27,28)21-5-3-2-4-6-21/h2-10,19-20,22H,11-16H2,1H3,(H,24,26). The quantitative estimate of drug-likeness (QED) is 0.787. The second-order valence-corrected chi connectivity index (χ2v) is 10.2. The molecular weight excluding hydrogens is 384 g/mol. The Kier molecular flexibility index (Phi) is 5.74. The fourth-order valence-electron chi connectivity index (χ4n) is 4.05. The lowest BCUT2D eigenvalue weighted by molar-refractivity contribution is -0.127. The van der Waals surface area contributed by atoms with Crippen molar-refractivity contribution in [1.82, 2.24) is 9.62 Å². The Hall–Kier alpha value is -2.18. The summed E-state index contributed by atoms with van der Waals surface area (Å²) < 4.78 is 27.1. The van der Waals surface area contributed by atoms with E-state index < -0.39 is 10.0 Å². The van der Waals surface area contributed by atoms with E-state index in [4.69, 9.17) is 0 Å². The number of nitrogens with zero attached hydrogens (tertiary/aromatic N) is 1. The summed E-state index contributed by atoms with van der Waals surface area (Å²) in [6, 6.07) is 17.0. The fourth-order valence-corrected chi connectivity index (χ4v) is 5.54. The van der Waals surface area contributed by atoms with Crippen LogP contribution in [-0.4, -0.2) is 31.7 Å². The van der Waals surface area contributed by atoms with E-state index in [-0.39, 0.29) is 17.9 Å². The third-order valence-corrected chi connectivity index (χ3v) is 7.95. The third-order valence-electron chi connectivity index (χ3n) is 6.03. The van der Waals surface area contributed by atoms with Crippen LogP contribution in [-0.2, 0) is 14.8 Å². The normalized spacial score (nSPS) is 19.6. The predicted octanol–water partition coefficient (Wildman–Crippen LogP) is 3.66. The summed E-state index contributed by atoms with van der Waals surface area (Å²) in [6.07, 6.45) is 3.41. The number of carbonyl (C=O) groups is 1. The Morgan fingerprint density at radius 3 is 2.17 bits per heavy atom. The van der Waals surface area contributed by atoms with E-state index in [9.17, 15) is 13.2 Å². The summed E-state index contributed by atoms with van der Waals surface area (Å²) >= 11 is 0. The van der Waals surface area contributed by atoms with Crippen LogP contribution in [0.4, 0.5) is 0 Å². The van der Waals surface area contributed by atoms with Gasteiger partial charge in [-0.25, -0.2) is 8.42 Å². The molecule has 0 spiro atoms. The highest BCUT2D eigenvalue weighted by molar-refractivity contribution is 7.89. The number of benzene rings is 2. The molecule has 6 heteroatoms. The molecule has 1 unspecified atom stereocenters. The van der Waals surface area contributed by atoms with E-state index >= 15 is 0 Å². The zero-order valence-corrected chi connectivity index (χ0v) is 17.6. The molecular formula is C23H28N2O3S. The van der Waals surface area contributed by atoms with Crippen molar-refractivity contribution < 1.29 is 13.2 Å². The van der Waals surface area contributed by atoms with Crippen LogP contribution < -0.4 is 5.32 Å². The number of rotatable bonds is 6. The molecule has 0 bridgehead atoms. The molecule has 1 N–H and O–H groups in total. The minimum absolute atomic E-state index is 0.0548. The minimum Gasteiger partial charge on any atom is -0.349 e. The van der Waals surface area contributed by atoms with Crippen molar-refractivity contribution in [3.63, 3.8) is 0 Å². The summed E-state index contributed by atoms with van der Waals surface area (Å²) in [7, 11) is -3.48. The Bertz CT molecular complexity index is 945. The molecule has 0 aromatic heterocycles. The molecule has 2 aromatic rings. The number of piperidine rings is 1. The number of hydrogen-bond donors (Lipinski definition) is 1. The first-order valence-corrected chi connectivity index (χ1v) is 11.8. The third kappa shape index (κ3) is 4.54. The molecule has 1 aliphatic carbocycles. The minimum atomic E-state index is -3.48. The fraction of sp³-hybridized carbons (Fsp3) is 0.435. The highest BCUT2D eigenvalue weighted by Gasteiger charge is 2.36. The predicted molar refractivity (Wildman–Crippen MR) is 113 cm³/mol. The van der Waals surface area contributed by atoms with Crippen LogP contribution in [0.2, 0.25) is 0 Å². The van der Waals surface area contributed by atoms with Crippen LogP contribution in [0.1, 0.15) is 42.9 Å². The maximum Gasteiger partial charge on any atom is 0.243 e. The Labute approximate surface area is 173 Å². The van der Waals surface area contributed by atoms with Gasteiger partial charge in [0.25, 0.3) is 0 Å². The second kappa shape index (κ2) is 8.28. The highest BCUT2D eigenvalue weighted by Crippen LogP contribution is 2.41. The largest absolute Gasteiger partial charge is 0.349 e. The van der Waals surface area contributed by atoms with Gasteiger partial charge >= 0.3 is 0 Å². The molecule has 2 fully saturated rings. The summed E-state index contributed by atoms with van der Waals surface area (Å²) in [5.41, 5.74) is 2.37. The van der Waals surface area contributed by atoms with Crippen LogP contribution in [0.15, 0.2) is 59.5 Å². The first-order chi connectivity index (χ1) is 13.9. The lowest BCUT2D eigenvalue weighted by Gasteiger charge is -2.31. The van der Waals surface area contributed by atoms with E-state index in [2.05, 4.69) is 36.5 Å². The molecule has 1 saturated carbocycles. The van der Waals surface area contributed by atoms with Gasteiger partial charge in [0.2, 0.25) is 15.9 Å². The van der Waals surface area contributed by atoms with E-state index in [1.165, 1.54) is 9.87 Å². The maximum absolute atomic E-state index is 12.9. The number of hydrogen-bond acceptors (Lipinski definition) is 3. The van der Waals surface area contributed by atoms with Gasteiger partial charge < -0.3 is 5.32 Å². The van der Waals surface area contributed by atoms with Crippen molar-refractivity contribution >= 4 is 15.9 Å². The van der Waals surface area contributed by atoms with Crippen LogP contribution >= 0.6 is 0 Å². The summed E-state index contributed by atoms with van der Waals surface area (Å²) in [5, 5.41) is 3.26. The molecule has 2 aromatic carbocycles. The zero-order valence-electron chi connectivity index (χ0n) is 16.8. The molecule has 1 heterocycles. The number of amides is 1. The Morgan fingerprint density at radius 1 is 0.966 bits per heavy atom. The van der Waals surface area contributed by atoms with Gasteiger partial charge in [-0.3, -0.25) is 4.79 Å². The van der Waals surface area contributed by atoms with Crippen molar-refractivity contribution in [2.75, 3.05) is 13.1 Å². The number of sulfonamides is 1. The molecule has 1 aliphatic heterocycles. The Morgan fingerprint density at radius 2 is 1.59 bits per heavy atom. The Balaban J connectivity index is 1.38. The summed E-state index contributed by atoms with van der Waals surface area (Å²) in [6.45, 7) is 2.83. The smallest absolute Gasteiger partial charge is 0.243 e. The number of carbonyl (C=O) groups excluding carboxylic acids is 1. The van der Waals surface area contributed by atoms with Crippen LogP contribution in [0.5, 0.6) is 0 Å². The van der Waals surface area contributed by atoms with Crippen molar-refractivity contribution in [2.24, 2.45) is 11.8 Å². The van der Waals surface area contributed by atoms with Gasteiger partial charge in [0.1, 0.15) is 0 Å². The molecule has 1 amide bonds. The summed E-state index contributed by atoms with van der Waals surface area (Å²) in [4.78, 5) is 13.2. The van der Waals surface area contributed by atoms with Gasteiger partial charge in [0, 0.05) is 19.0 Å². The van der Waals surface area contributed by atoms with E-state index in [1.807, 2.05) is 0 Å². The first kappa shape index (κ1) is 20.1. The maximum atomic E-state index is 12.9. The topological polar surface area (TPSA) is 66.5 Å². The van der Waals surface area contributed by atoms with Crippen LogP contribution in [0.3, 0.4) is 0 Å².